The molecule has 1 aromatic rings. The van der Waals surface area contributed by atoms with Crippen LogP contribution in [0, 0.1) is 18.3 Å². The number of hydrogen-bond donors (Lipinski definition) is 1. The quantitative estimate of drug-likeness (QED) is 0.818. The Morgan fingerprint density at radius 1 is 1.58 bits per heavy atom. The summed E-state index contributed by atoms with van der Waals surface area (Å²) in [5, 5.41) is 7.44. The van der Waals surface area contributed by atoms with Gasteiger partial charge in [0.1, 0.15) is 4.47 Å². The zero-order valence-corrected chi connectivity index (χ0v) is 13.2. The van der Waals surface area contributed by atoms with Crippen LogP contribution < -0.4 is 10.9 Å². The van der Waals surface area contributed by atoms with E-state index in [4.69, 9.17) is 6.42 Å². The Balaban J connectivity index is 2.96. The molecule has 0 spiro atoms. The van der Waals surface area contributed by atoms with E-state index in [0.29, 0.717) is 29.0 Å². The van der Waals surface area contributed by atoms with Crippen LogP contribution in [-0.4, -0.2) is 15.8 Å². The van der Waals surface area contributed by atoms with Crippen molar-refractivity contribution in [3.8, 4) is 12.3 Å². The van der Waals surface area contributed by atoms with Crippen molar-refractivity contribution in [3.05, 3.63) is 21.0 Å². The lowest BCUT2D eigenvalue weighted by atomic mass is 10.1. The smallest absolute Gasteiger partial charge is 0.283 e. The van der Waals surface area contributed by atoms with Gasteiger partial charge in [-0.3, -0.25) is 4.79 Å². The molecule has 1 atom stereocenters. The van der Waals surface area contributed by atoms with Crippen LogP contribution in [0.5, 0.6) is 0 Å². The number of halogens is 1. The SMILES string of the molecule is C#CCC(CC)Nc1cnn(CC(C)C)c(=O)c1Br. The average Bonchev–Trinajstić information content (AvgIpc) is 2.37. The fourth-order valence-electron chi connectivity index (χ4n) is 1.70. The Labute approximate surface area is 122 Å². The third kappa shape index (κ3) is 4.39. The Kier molecular flexibility index (Phi) is 6.10. The van der Waals surface area contributed by atoms with Crippen LogP contribution >= 0.6 is 15.9 Å². The molecular formula is C14H20BrN3O. The van der Waals surface area contributed by atoms with Gasteiger partial charge in [-0.25, -0.2) is 4.68 Å². The molecule has 4 nitrogen and oxygen atoms in total. The summed E-state index contributed by atoms with van der Waals surface area (Å²) in [6.07, 6.45) is 8.51. The molecule has 0 aromatic carbocycles. The van der Waals surface area contributed by atoms with Crippen molar-refractivity contribution in [2.75, 3.05) is 5.32 Å². The first kappa shape index (κ1) is 15.8. The van der Waals surface area contributed by atoms with Crippen LogP contribution in [0.1, 0.15) is 33.6 Å². The third-order valence-electron chi connectivity index (χ3n) is 2.74. The molecule has 0 bridgehead atoms. The van der Waals surface area contributed by atoms with Crippen LogP contribution in [-0.2, 0) is 6.54 Å². The minimum absolute atomic E-state index is 0.116. The lowest BCUT2D eigenvalue weighted by molar-refractivity contribution is 0.462. The zero-order chi connectivity index (χ0) is 14.4. The summed E-state index contributed by atoms with van der Waals surface area (Å²) < 4.78 is 1.99. The van der Waals surface area contributed by atoms with Gasteiger partial charge in [0.05, 0.1) is 11.9 Å². The summed E-state index contributed by atoms with van der Waals surface area (Å²) >= 11 is 3.34. The third-order valence-corrected chi connectivity index (χ3v) is 3.51. The molecule has 1 N–H and O–H groups in total. The number of aromatic nitrogens is 2. The van der Waals surface area contributed by atoms with Gasteiger partial charge in [-0.05, 0) is 28.3 Å². The predicted molar refractivity (Wildman–Crippen MR) is 82.2 cm³/mol. The Bertz CT molecular complexity index is 516. The fraction of sp³-hybridized carbons (Fsp3) is 0.571. The minimum atomic E-state index is -0.116. The molecule has 0 saturated carbocycles. The highest BCUT2D eigenvalue weighted by molar-refractivity contribution is 9.10. The molecule has 1 unspecified atom stereocenters. The summed E-state index contributed by atoms with van der Waals surface area (Å²) in [6, 6.07) is 0.156. The van der Waals surface area contributed by atoms with E-state index in [1.54, 1.807) is 6.20 Å². The molecule has 1 heterocycles. The first-order valence-electron chi connectivity index (χ1n) is 6.45. The highest BCUT2D eigenvalue weighted by Gasteiger charge is 2.12. The molecule has 0 aliphatic heterocycles. The molecule has 0 aliphatic rings. The second kappa shape index (κ2) is 7.34. The lowest BCUT2D eigenvalue weighted by Crippen LogP contribution is -2.28. The van der Waals surface area contributed by atoms with Gasteiger partial charge in [0.15, 0.2) is 0 Å². The van der Waals surface area contributed by atoms with E-state index >= 15 is 0 Å². The van der Waals surface area contributed by atoms with Crippen molar-refractivity contribution in [3.63, 3.8) is 0 Å². The number of rotatable bonds is 6. The van der Waals surface area contributed by atoms with Crippen LogP contribution in [0.2, 0.25) is 0 Å². The first-order valence-corrected chi connectivity index (χ1v) is 7.24. The van der Waals surface area contributed by atoms with Gasteiger partial charge in [-0.1, -0.05) is 20.8 Å². The number of nitrogens with zero attached hydrogens (tertiary/aromatic N) is 2. The number of terminal acetylenes is 1. The van der Waals surface area contributed by atoms with Gasteiger partial charge in [-0.2, -0.15) is 5.10 Å². The van der Waals surface area contributed by atoms with E-state index in [9.17, 15) is 4.79 Å². The van der Waals surface area contributed by atoms with Gasteiger partial charge >= 0.3 is 0 Å². The maximum Gasteiger partial charge on any atom is 0.283 e. The molecule has 5 heteroatoms. The summed E-state index contributed by atoms with van der Waals surface area (Å²) in [5.41, 5.74) is 0.585. The minimum Gasteiger partial charge on any atom is -0.379 e. The van der Waals surface area contributed by atoms with Gasteiger partial charge in [0, 0.05) is 19.0 Å². The average molecular weight is 326 g/mol. The van der Waals surface area contributed by atoms with E-state index in [1.807, 2.05) is 13.8 Å². The number of anilines is 1. The van der Waals surface area contributed by atoms with Crippen molar-refractivity contribution < 1.29 is 0 Å². The molecular weight excluding hydrogens is 306 g/mol. The molecule has 0 amide bonds. The summed E-state index contributed by atoms with van der Waals surface area (Å²) in [6.45, 7) is 6.76. The van der Waals surface area contributed by atoms with Gasteiger partial charge in [-0.15, -0.1) is 12.3 Å². The predicted octanol–water partition coefficient (Wildman–Crippen LogP) is 2.88. The van der Waals surface area contributed by atoms with Crippen molar-refractivity contribution in [1.82, 2.24) is 9.78 Å². The standard InChI is InChI=1S/C14H20BrN3O/c1-5-7-11(6-2)17-12-8-16-18(9-10(3)4)14(19)13(12)15/h1,8,10-11,17H,6-7,9H2,2-4H3. The van der Waals surface area contributed by atoms with Gasteiger partial charge in [0.2, 0.25) is 0 Å². The molecule has 1 aromatic heterocycles. The first-order chi connectivity index (χ1) is 8.99. The maximum absolute atomic E-state index is 12.1. The second-order valence-electron chi connectivity index (χ2n) is 4.91. The Morgan fingerprint density at radius 3 is 2.79 bits per heavy atom. The second-order valence-corrected chi connectivity index (χ2v) is 5.70. The van der Waals surface area contributed by atoms with E-state index in [1.165, 1.54) is 4.68 Å². The molecule has 0 aliphatic carbocycles. The lowest BCUT2D eigenvalue weighted by Gasteiger charge is -2.17. The van der Waals surface area contributed by atoms with Crippen molar-refractivity contribution in [1.29, 1.82) is 0 Å². The topological polar surface area (TPSA) is 46.9 Å². The number of nitrogens with one attached hydrogen (secondary N) is 1. The Morgan fingerprint density at radius 2 is 2.26 bits per heavy atom. The van der Waals surface area contributed by atoms with Gasteiger partial charge in [0.25, 0.3) is 5.56 Å². The van der Waals surface area contributed by atoms with E-state index in [2.05, 4.69) is 39.2 Å². The van der Waals surface area contributed by atoms with E-state index in [-0.39, 0.29) is 11.6 Å². The highest BCUT2D eigenvalue weighted by Crippen LogP contribution is 2.19. The van der Waals surface area contributed by atoms with Crippen LogP contribution in [0.15, 0.2) is 15.5 Å². The number of hydrogen-bond acceptors (Lipinski definition) is 3. The molecule has 19 heavy (non-hydrogen) atoms. The van der Waals surface area contributed by atoms with Crippen LogP contribution in [0.25, 0.3) is 0 Å². The highest BCUT2D eigenvalue weighted by atomic mass is 79.9. The van der Waals surface area contributed by atoms with Crippen LogP contribution in [0.3, 0.4) is 0 Å². The normalized spacial score (nSPS) is 12.2. The van der Waals surface area contributed by atoms with Gasteiger partial charge < -0.3 is 5.32 Å². The monoisotopic (exact) mass is 325 g/mol. The summed E-state index contributed by atoms with van der Waals surface area (Å²) in [4.78, 5) is 12.1. The van der Waals surface area contributed by atoms with Crippen molar-refractivity contribution in [2.45, 2.75) is 46.2 Å². The maximum atomic E-state index is 12.1. The van der Waals surface area contributed by atoms with Crippen LogP contribution in [0.4, 0.5) is 5.69 Å². The molecule has 0 radical (unpaired) electrons. The summed E-state index contributed by atoms with van der Waals surface area (Å²) in [5.74, 6) is 3.00. The van der Waals surface area contributed by atoms with E-state index in [0.717, 1.165) is 6.42 Å². The zero-order valence-electron chi connectivity index (χ0n) is 11.6. The molecule has 1 rings (SSSR count). The van der Waals surface area contributed by atoms with E-state index < -0.39 is 0 Å². The largest absolute Gasteiger partial charge is 0.379 e. The van der Waals surface area contributed by atoms with Crippen molar-refractivity contribution in [2.24, 2.45) is 5.92 Å². The summed E-state index contributed by atoms with van der Waals surface area (Å²) in [7, 11) is 0. The fourth-order valence-corrected chi connectivity index (χ4v) is 2.12. The Hall–Kier alpha value is -1.28. The molecule has 0 fully saturated rings. The van der Waals surface area contributed by atoms with Crippen molar-refractivity contribution >= 4 is 21.6 Å². The molecule has 0 saturated heterocycles. The molecule has 104 valence electrons.